The maximum absolute atomic E-state index is 12.1. The molecule has 3 aliphatic rings. The second-order valence-corrected chi connectivity index (χ2v) is 6.27. The number of carbonyl (C=O) groups is 1. The standard InChI is InChI=1S/C16H19NO/c18-16(13-7-11-6-12(11)8-13)17-9-14-5-10-3-1-2-4-15(10)14/h1-4,11-14H,5-9H2,(H,17,18). The predicted octanol–water partition coefficient (Wildman–Crippen LogP) is 2.49. The lowest BCUT2D eigenvalue weighted by atomic mass is 9.77. The molecule has 0 heterocycles. The van der Waals surface area contributed by atoms with Gasteiger partial charge in [0.1, 0.15) is 0 Å². The lowest BCUT2D eigenvalue weighted by Crippen LogP contribution is -2.36. The third-order valence-electron chi connectivity index (χ3n) is 5.10. The number of amides is 1. The summed E-state index contributed by atoms with van der Waals surface area (Å²) in [4.78, 5) is 12.1. The zero-order valence-corrected chi connectivity index (χ0v) is 10.6. The van der Waals surface area contributed by atoms with Crippen LogP contribution in [0, 0.1) is 17.8 Å². The van der Waals surface area contributed by atoms with E-state index in [9.17, 15) is 4.79 Å². The molecule has 0 aliphatic heterocycles. The first kappa shape index (κ1) is 10.6. The zero-order valence-electron chi connectivity index (χ0n) is 10.6. The highest BCUT2D eigenvalue weighted by atomic mass is 16.1. The van der Waals surface area contributed by atoms with Gasteiger partial charge in [-0.05, 0) is 48.6 Å². The van der Waals surface area contributed by atoms with Crippen molar-refractivity contribution in [1.82, 2.24) is 5.32 Å². The molecular weight excluding hydrogens is 222 g/mol. The molecule has 0 aromatic heterocycles. The largest absolute Gasteiger partial charge is 0.355 e. The van der Waals surface area contributed by atoms with Crippen molar-refractivity contribution in [3.8, 4) is 0 Å². The fourth-order valence-electron chi connectivity index (χ4n) is 3.84. The van der Waals surface area contributed by atoms with Crippen molar-refractivity contribution in [2.24, 2.45) is 17.8 Å². The van der Waals surface area contributed by atoms with Crippen LogP contribution >= 0.6 is 0 Å². The van der Waals surface area contributed by atoms with Crippen molar-refractivity contribution < 1.29 is 4.79 Å². The van der Waals surface area contributed by atoms with E-state index in [1.54, 1.807) is 0 Å². The van der Waals surface area contributed by atoms with E-state index < -0.39 is 0 Å². The quantitative estimate of drug-likeness (QED) is 0.865. The molecule has 0 bridgehead atoms. The van der Waals surface area contributed by atoms with Gasteiger partial charge in [-0.3, -0.25) is 4.79 Å². The van der Waals surface area contributed by atoms with Gasteiger partial charge in [0, 0.05) is 18.4 Å². The lowest BCUT2D eigenvalue weighted by molar-refractivity contribution is -0.125. The van der Waals surface area contributed by atoms with Gasteiger partial charge in [0.15, 0.2) is 0 Å². The van der Waals surface area contributed by atoms with Crippen LogP contribution in [0.1, 0.15) is 36.3 Å². The second-order valence-electron chi connectivity index (χ2n) is 6.27. The van der Waals surface area contributed by atoms with Gasteiger partial charge in [-0.25, -0.2) is 0 Å². The number of benzene rings is 1. The average molecular weight is 241 g/mol. The van der Waals surface area contributed by atoms with Crippen LogP contribution in [-0.4, -0.2) is 12.5 Å². The molecular formula is C16H19NO. The summed E-state index contributed by atoms with van der Waals surface area (Å²) >= 11 is 0. The Balaban J connectivity index is 1.31. The van der Waals surface area contributed by atoms with E-state index in [4.69, 9.17) is 0 Å². The van der Waals surface area contributed by atoms with Gasteiger partial charge in [-0.15, -0.1) is 0 Å². The minimum absolute atomic E-state index is 0.312. The van der Waals surface area contributed by atoms with Crippen molar-refractivity contribution in [2.45, 2.75) is 31.6 Å². The fourth-order valence-corrected chi connectivity index (χ4v) is 3.84. The molecule has 3 atom stereocenters. The Morgan fingerprint density at radius 3 is 2.72 bits per heavy atom. The summed E-state index contributed by atoms with van der Waals surface area (Å²) in [7, 11) is 0. The molecule has 2 heteroatoms. The molecule has 1 amide bonds. The Morgan fingerprint density at radius 2 is 1.94 bits per heavy atom. The number of rotatable bonds is 3. The molecule has 2 fully saturated rings. The van der Waals surface area contributed by atoms with E-state index >= 15 is 0 Å². The summed E-state index contributed by atoms with van der Waals surface area (Å²) in [6.45, 7) is 0.835. The van der Waals surface area contributed by atoms with Crippen LogP contribution in [0.4, 0.5) is 0 Å². The molecule has 2 nitrogen and oxygen atoms in total. The molecule has 1 N–H and O–H groups in total. The SMILES string of the molecule is O=C(NCC1Cc2ccccc21)C1CC2CC2C1. The first-order valence-corrected chi connectivity index (χ1v) is 7.17. The Morgan fingerprint density at radius 1 is 1.17 bits per heavy atom. The van der Waals surface area contributed by atoms with Crippen molar-refractivity contribution in [3.63, 3.8) is 0 Å². The molecule has 0 radical (unpaired) electrons. The number of hydrogen-bond acceptors (Lipinski definition) is 1. The highest BCUT2D eigenvalue weighted by Crippen LogP contribution is 2.54. The second kappa shape index (κ2) is 3.84. The molecule has 1 aromatic rings. The Hall–Kier alpha value is -1.31. The predicted molar refractivity (Wildman–Crippen MR) is 70.2 cm³/mol. The summed E-state index contributed by atoms with van der Waals surface area (Å²) in [5.41, 5.74) is 2.89. The Labute approximate surface area is 108 Å². The molecule has 18 heavy (non-hydrogen) atoms. The smallest absolute Gasteiger partial charge is 0.223 e. The normalized spacial score (nSPS) is 35.3. The van der Waals surface area contributed by atoms with Crippen LogP contribution in [-0.2, 0) is 11.2 Å². The summed E-state index contributed by atoms with van der Waals surface area (Å²) in [5.74, 6) is 2.98. The van der Waals surface area contributed by atoms with Crippen LogP contribution in [0.15, 0.2) is 24.3 Å². The van der Waals surface area contributed by atoms with Crippen molar-refractivity contribution >= 4 is 5.91 Å². The highest BCUT2D eigenvalue weighted by Gasteiger charge is 2.48. The van der Waals surface area contributed by atoms with Crippen LogP contribution in [0.3, 0.4) is 0 Å². The number of carbonyl (C=O) groups excluding carboxylic acids is 1. The van der Waals surface area contributed by atoms with E-state index in [0.717, 1.165) is 37.6 Å². The zero-order chi connectivity index (χ0) is 12.1. The third kappa shape index (κ3) is 1.66. The van der Waals surface area contributed by atoms with Crippen LogP contribution in [0.5, 0.6) is 0 Å². The maximum atomic E-state index is 12.1. The average Bonchev–Trinajstić information content (AvgIpc) is 2.97. The third-order valence-corrected chi connectivity index (χ3v) is 5.10. The number of fused-ring (bicyclic) bond motifs is 2. The minimum atomic E-state index is 0.312. The van der Waals surface area contributed by atoms with Crippen molar-refractivity contribution in [2.75, 3.05) is 6.54 Å². The molecule has 3 unspecified atom stereocenters. The highest BCUT2D eigenvalue weighted by molar-refractivity contribution is 5.79. The van der Waals surface area contributed by atoms with Gasteiger partial charge in [0.05, 0.1) is 0 Å². The Bertz CT molecular complexity index is 486. The van der Waals surface area contributed by atoms with Gasteiger partial charge in [0.2, 0.25) is 5.91 Å². The van der Waals surface area contributed by atoms with Crippen LogP contribution in [0.2, 0.25) is 0 Å². The first-order chi connectivity index (χ1) is 8.81. The van der Waals surface area contributed by atoms with Crippen LogP contribution < -0.4 is 5.32 Å². The van der Waals surface area contributed by atoms with Gasteiger partial charge < -0.3 is 5.32 Å². The molecule has 1 aromatic carbocycles. The molecule has 4 rings (SSSR count). The fraction of sp³-hybridized carbons (Fsp3) is 0.562. The van der Waals surface area contributed by atoms with Gasteiger partial charge in [-0.2, -0.15) is 0 Å². The molecule has 2 saturated carbocycles. The van der Waals surface area contributed by atoms with E-state index in [1.165, 1.54) is 17.5 Å². The molecule has 3 aliphatic carbocycles. The van der Waals surface area contributed by atoms with Gasteiger partial charge in [0.25, 0.3) is 0 Å². The molecule has 0 spiro atoms. The van der Waals surface area contributed by atoms with Crippen molar-refractivity contribution in [3.05, 3.63) is 35.4 Å². The first-order valence-electron chi connectivity index (χ1n) is 7.17. The Kier molecular flexibility index (Phi) is 2.26. The summed E-state index contributed by atoms with van der Waals surface area (Å²) in [6.07, 6.45) is 4.82. The molecule has 94 valence electrons. The monoisotopic (exact) mass is 241 g/mol. The van der Waals surface area contributed by atoms with Gasteiger partial charge >= 0.3 is 0 Å². The summed E-state index contributed by atoms with van der Waals surface area (Å²) in [6, 6.07) is 8.58. The number of hydrogen-bond donors (Lipinski definition) is 1. The van der Waals surface area contributed by atoms with Gasteiger partial charge in [-0.1, -0.05) is 24.3 Å². The van der Waals surface area contributed by atoms with Crippen LogP contribution in [0.25, 0.3) is 0 Å². The minimum Gasteiger partial charge on any atom is -0.355 e. The summed E-state index contributed by atoms with van der Waals surface area (Å²) < 4.78 is 0. The van der Waals surface area contributed by atoms with E-state index in [0.29, 0.717) is 17.7 Å². The van der Waals surface area contributed by atoms with E-state index in [-0.39, 0.29) is 0 Å². The lowest BCUT2D eigenvalue weighted by Gasteiger charge is -2.30. The van der Waals surface area contributed by atoms with Crippen molar-refractivity contribution in [1.29, 1.82) is 0 Å². The van der Waals surface area contributed by atoms with E-state index in [2.05, 4.69) is 29.6 Å². The number of nitrogens with one attached hydrogen (secondary N) is 1. The van der Waals surface area contributed by atoms with E-state index in [1.807, 2.05) is 0 Å². The summed E-state index contributed by atoms with van der Waals surface area (Å²) in [5, 5.41) is 3.17. The molecule has 0 saturated heterocycles. The topological polar surface area (TPSA) is 29.1 Å². The maximum Gasteiger partial charge on any atom is 0.223 e.